The fraction of sp³-hybridized carbons (Fsp3) is 0.417. The molecule has 0 saturated carbocycles. The van der Waals surface area contributed by atoms with E-state index in [0.717, 1.165) is 18.4 Å². The topological polar surface area (TPSA) is 72.6 Å². The summed E-state index contributed by atoms with van der Waals surface area (Å²) in [6.07, 6.45) is 2.14. The first-order chi connectivity index (χ1) is 7.70. The summed E-state index contributed by atoms with van der Waals surface area (Å²) in [5.74, 6) is -0.904. The molecule has 1 heterocycles. The van der Waals surface area contributed by atoms with Gasteiger partial charge in [0.15, 0.2) is 0 Å². The standard InChI is InChI=1S/C12H15NO3/c13-7-10-5-6-11(16-10)8-1-3-9(4-2-8)12(14)15/h1-4,10-11H,5-7,13H2,(H,14,15)/t10-,11+/m0/s1. The van der Waals surface area contributed by atoms with Crippen LogP contribution in [0.5, 0.6) is 0 Å². The summed E-state index contributed by atoms with van der Waals surface area (Å²) < 4.78 is 5.72. The Labute approximate surface area is 94.0 Å². The van der Waals surface area contributed by atoms with Crippen LogP contribution >= 0.6 is 0 Å². The number of carbonyl (C=O) groups is 1. The van der Waals surface area contributed by atoms with E-state index < -0.39 is 5.97 Å². The molecule has 3 N–H and O–H groups in total. The maximum atomic E-state index is 10.7. The summed E-state index contributed by atoms with van der Waals surface area (Å²) in [6, 6.07) is 6.84. The van der Waals surface area contributed by atoms with Gasteiger partial charge in [-0.1, -0.05) is 12.1 Å². The van der Waals surface area contributed by atoms with Crippen LogP contribution < -0.4 is 5.73 Å². The third-order valence-corrected chi connectivity index (χ3v) is 2.90. The lowest BCUT2D eigenvalue weighted by atomic mass is 10.0. The van der Waals surface area contributed by atoms with Gasteiger partial charge in [0.25, 0.3) is 0 Å². The molecule has 0 unspecified atom stereocenters. The highest BCUT2D eigenvalue weighted by Crippen LogP contribution is 2.32. The van der Waals surface area contributed by atoms with E-state index in [2.05, 4.69) is 0 Å². The highest BCUT2D eigenvalue weighted by Gasteiger charge is 2.25. The minimum Gasteiger partial charge on any atom is -0.478 e. The Morgan fingerprint density at radius 1 is 1.38 bits per heavy atom. The van der Waals surface area contributed by atoms with E-state index in [1.165, 1.54) is 0 Å². The van der Waals surface area contributed by atoms with Crippen molar-refractivity contribution >= 4 is 5.97 Å². The number of carboxylic acid groups (broad SMARTS) is 1. The van der Waals surface area contributed by atoms with Crippen LogP contribution in [0.3, 0.4) is 0 Å². The van der Waals surface area contributed by atoms with Gasteiger partial charge >= 0.3 is 5.97 Å². The Bertz CT molecular complexity index is 374. The summed E-state index contributed by atoms with van der Waals surface area (Å²) in [4.78, 5) is 10.7. The number of aromatic carboxylic acids is 1. The van der Waals surface area contributed by atoms with Crippen LogP contribution in [0.25, 0.3) is 0 Å². The molecule has 2 atom stereocenters. The smallest absolute Gasteiger partial charge is 0.335 e. The van der Waals surface area contributed by atoms with Gasteiger partial charge in [-0.2, -0.15) is 0 Å². The molecule has 0 amide bonds. The lowest BCUT2D eigenvalue weighted by Crippen LogP contribution is -2.18. The third kappa shape index (κ3) is 2.23. The summed E-state index contributed by atoms with van der Waals surface area (Å²) in [6.45, 7) is 0.545. The van der Waals surface area contributed by atoms with Crippen molar-refractivity contribution in [3.05, 3.63) is 35.4 Å². The molecule has 0 spiro atoms. The minimum atomic E-state index is -0.904. The molecule has 1 aromatic carbocycles. The Morgan fingerprint density at radius 3 is 2.56 bits per heavy atom. The van der Waals surface area contributed by atoms with E-state index in [1.807, 2.05) is 12.1 Å². The molecule has 1 aromatic rings. The van der Waals surface area contributed by atoms with E-state index in [4.69, 9.17) is 15.6 Å². The van der Waals surface area contributed by atoms with Gasteiger partial charge in [0.05, 0.1) is 17.8 Å². The number of hydrogen-bond acceptors (Lipinski definition) is 3. The fourth-order valence-corrected chi connectivity index (χ4v) is 1.96. The molecule has 4 heteroatoms. The van der Waals surface area contributed by atoms with Gasteiger partial charge < -0.3 is 15.6 Å². The summed E-state index contributed by atoms with van der Waals surface area (Å²) in [5, 5.41) is 8.77. The molecule has 0 aliphatic carbocycles. The van der Waals surface area contributed by atoms with Gasteiger partial charge in [0.1, 0.15) is 0 Å². The van der Waals surface area contributed by atoms with E-state index in [9.17, 15) is 4.79 Å². The molecule has 1 aliphatic heterocycles. The van der Waals surface area contributed by atoms with Gasteiger partial charge in [0.2, 0.25) is 0 Å². The van der Waals surface area contributed by atoms with Crippen molar-refractivity contribution < 1.29 is 14.6 Å². The molecule has 2 rings (SSSR count). The van der Waals surface area contributed by atoms with Crippen LogP contribution in [0.2, 0.25) is 0 Å². The molecule has 4 nitrogen and oxygen atoms in total. The van der Waals surface area contributed by atoms with E-state index in [0.29, 0.717) is 12.1 Å². The van der Waals surface area contributed by atoms with Crippen LogP contribution in [0.4, 0.5) is 0 Å². The lowest BCUT2D eigenvalue weighted by Gasteiger charge is -2.12. The van der Waals surface area contributed by atoms with Gasteiger partial charge in [-0.25, -0.2) is 4.79 Å². The Morgan fingerprint density at radius 2 is 2.06 bits per heavy atom. The average Bonchev–Trinajstić information content (AvgIpc) is 2.77. The molecule has 1 saturated heterocycles. The molecule has 1 fully saturated rings. The average molecular weight is 221 g/mol. The highest BCUT2D eigenvalue weighted by atomic mass is 16.5. The number of nitrogens with two attached hydrogens (primary N) is 1. The zero-order valence-corrected chi connectivity index (χ0v) is 8.93. The Balaban J connectivity index is 2.08. The molecule has 16 heavy (non-hydrogen) atoms. The Hall–Kier alpha value is -1.39. The number of benzene rings is 1. The maximum Gasteiger partial charge on any atom is 0.335 e. The molecule has 0 bridgehead atoms. The van der Waals surface area contributed by atoms with Crippen LogP contribution in [-0.2, 0) is 4.74 Å². The Kier molecular flexibility index (Phi) is 3.22. The maximum absolute atomic E-state index is 10.7. The summed E-state index contributed by atoms with van der Waals surface area (Å²) in [7, 11) is 0. The minimum absolute atomic E-state index is 0.0661. The monoisotopic (exact) mass is 221 g/mol. The first-order valence-electron chi connectivity index (χ1n) is 5.39. The highest BCUT2D eigenvalue weighted by molar-refractivity contribution is 5.87. The largest absolute Gasteiger partial charge is 0.478 e. The SMILES string of the molecule is NC[C@@H]1CC[C@H](c2ccc(C(=O)O)cc2)O1. The number of ether oxygens (including phenoxy) is 1. The zero-order chi connectivity index (χ0) is 11.5. The molecular formula is C12H15NO3. The van der Waals surface area contributed by atoms with Crippen molar-refractivity contribution in [2.24, 2.45) is 5.73 Å². The first kappa shape index (κ1) is 11.1. The normalized spacial score (nSPS) is 24.6. The second kappa shape index (κ2) is 4.63. The molecule has 0 aromatic heterocycles. The lowest BCUT2D eigenvalue weighted by molar-refractivity contribution is 0.0497. The molecule has 1 aliphatic rings. The van der Waals surface area contributed by atoms with Crippen molar-refractivity contribution in [2.45, 2.75) is 25.0 Å². The van der Waals surface area contributed by atoms with Crippen LogP contribution in [0.15, 0.2) is 24.3 Å². The zero-order valence-electron chi connectivity index (χ0n) is 8.93. The van der Waals surface area contributed by atoms with Gasteiger partial charge in [0, 0.05) is 6.54 Å². The van der Waals surface area contributed by atoms with Gasteiger partial charge in [-0.3, -0.25) is 0 Å². The van der Waals surface area contributed by atoms with Crippen molar-refractivity contribution in [1.82, 2.24) is 0 Å². The first-order valence-corrected chi connectivity index (χ1v) is 5.39. The summed E-state index contributed by atoms with van der Waals surface area (Å²) >= 11 is 0. The number of hydrogen-bond donors (Lipinski definition) is 2. The molecular weight excluding hydrogens is 206 g/mol. The van der Waals surface area contributed by atoms with Crippen molar-refractivity contribution in [1.29, 1.82) is 0 Å². The predicted molar refractivity (Wildman–Crippen MR) is 59.3 cm³/mol. The van der Waals surface area contributed by atoms with E-state index >= 15 is 0 Å². The molecule has 86 valence electrons. The third-order valence-electron chi connectivity index (χ3n) is 2.90. The van der Waals surface area contributed by atoms with Crippen molar-refractivity contribution in [3.8, 4) is 0 Å². The van der Waals surface area contributed by atoms with Crippen molar-refractivity contribution in [2.75, 3.05) is 6.54 Å². The number of carboxylic acids is 1. The second-order valence-corrected chi connectivity index (χ2v) is 3.99. The van der Waals surface area contributed by atoms with Crippen molar-refractivity contribution in [3.63, 3.8) is 0 Å². The fourth-order valence-electron chi connectivity index (χ4n) is 1.96. The number of rotatable bonds is 3. The summed E-state index contributed by atoms with van der Waals surface area (Å²) in [5.41, 5.74) is 6.87. The van der Waals surface area contributed by atoms with E-state index in [-0.39, 0.29) is 12.2 Å². The predicted octanol–water partition coefficient (Wildman–Crippen LogP) is 1.56. The second-order valence-electron chi connectivity index (χ2n) is 3.99. The van der Waals surface area contributed by atoms with Crippen LogP contribution in [-0.4, -0.2) is 23.7 Å². The van der Waals surface area contributed by atoms with Gasteiger partial charge in [-0.05, 0) is 30.5 Å². The van der Waals surface area contributed by atoms with Gasteiger partial charge in [-0.15, -0.1) is 0 Å². The molecule has 0 radical (unpaired) electrons. The van der Waals surface area contributed by atoms with E-state index in [1.54, 1.807) is 12.1 Å². The van der Waals surface area contributed by atoms with Crippen LogP contribution in [0.1, 0.15) is 34.9 Å². The quantitative estimate of drug-likeness (QED) is 0.812. The van der Waals surface area contributed by atoms with Crippen LogP contribution in [0, 0.1) is 0 Å².